The minimum atomic E-state index is 0.479. The number of hydrogen-bond acceptors (Lipinski definition) is 2. The molecule has 0 bridgehead atoms. The molecule has 2 nitrogen and oxygen atoms in total. The molecule has 15 heavy (non-hydrogen) atoms. The monoisotopic (exact) mass is 200 g/mol. The molecule has 0 N–H and O–H groups in total. The smallest absolute Gasteiger partial charge is 0.0494 e. The van der Waals surface area contributed by atoms with E-state index in [1.807, 2.05) is 12.4 Å². The largest absolute Gasteiger partial charge is 0.261 e. The fourth-order valence-corrected chi connectivity index (χ4v) is 1.74. The molecule has 2 heterocycles. The third-order valence-corrected chi connectivity index (χ3v) is 2.68. The Labute approximate surface area is 90.4 Å². The second kappa shape index (κ2) is 3.97. The van der Waals surface area contributed by atoms with E-state index in [0.717, 1.165) is 17.8 Å². The SMILES string of the molecule is CCc1nccc2cc(C(C)C)ncc12. The van der Waals surface area contributed by atoms with Gasteiger partial charge < -0.3 is 0 Å². The first-order chi connectivity index (χ1) is 7.22. The molecule has 0 amide bonds. The van der Waals surface area contributed by atoms with Crippen LogP contribution in [0.25, 0.3) is 10.8 Å². The highest BCUT2D eigenvalue weighted by atomic mass is 14.7. The van der Waals surface area contributed by atoms with Crippen LogP contribution in [0.4, 0.5) is 0 Å². The number of fused-ring (bicyclic) bond motifs is 1. The Morgan fingerprint density at radius 3 is 2.73 bits per heavy atom. The standard InChI is InChI=1S/C13H16N2/c1-4-12-11-8-15-13(9(2)3)7-10(11)5-6-14-12/h5-9H,4H2,1-3H3. The molecule has 0 aliphatic heterocycles. The van der Waals surface area contributed by atoms with Crippen molar-refractivity contribution in [1.82, 2.24) is 9.97 Å². The number of rotatable bonds is 2. The highest BCUT2D eigenvalue weighted by molar-refractivity contribution is 5.83. The van der Waals surface area contributed by atoms with Crippen LogP contribution in [-0.4, -0.2) is 9.97 Å². The zero-order chi connectivity index (χ0) is 10.8. The Bertz CT molecular complexity index is 475. The number of nitrogens with zero attached hydrogens (tertiary/aromatic N) is 2. The summed E-state index contributed by atoms with van der Waals surface area (Å²) in [6.07, 6.45) is 4.79. The lowest BCUT2D eigenvalue weighted by Gasteiger charge is -2.07. The summed E-state index contributed by atoms with van der Waals surface area (Å²) in [5.74, 6) is 0.479. The predicted molar refractivity (Wildman–Crippen MR) is 63.0 cm³/mol. The summed E-state index contributed by atoms with van der Waals surface area (Å²) in [6.45, 7) is 6.45. The third kappa shape index (κ3) is 1.84. The van der Waals surface area contributed by atoms with Gasteiger partial charge in [-0.05, 0) is 29.9 Å². The molecule has 0 aliphatic carbocycles. The normalized spacial score (nSPS) is 11.2. The quantitative estimate of drug-likeness (QED) is 0.743. The van der Waals surface area contributed by atoms with Gasteiger partial charge in [0.25, 0.3) is 0 Å². The van der Waals surface area contributed by atoms with Gasteiger partial charge in [0.15, 0.2) is 0 Å². The summed E-state index contributed by atoms with van der Waals surface area (Å²) < 4.78 is 0. The highest BCUT2D eigenvalue weighted by Crippen LogP contribution is 2.20. The average molecular weight is 200 g/mol. The zero-order valence-electron chi connectivity index (χ0n) is 9.49. The molecule has 2 aromatic heterocycles. The summed E-state index contributed by atoms with van der Waals surface area (Å²) >= 11 is 0. The van der Waals surface area contributed by atoms with Gasteiger partial charge in [0, 0.05) is 29.2 Å². The van der Waals surface area contributed by atoms with Crippen LogP contribution < -0.4 is 0 Å². The molecule has 2 heteroatoms. The minimum Gasteiger partial charge on any atom is -0.261 e. The highest BCUT2D eigenvalue weighted by Gasteiger charge is 2.04. The Balaban J connectivity index is 2.63. The van der Waals surface area contributed by atoms with Crippen LogP contribution in [0, 0.1) is 0 Å². The Kier molecular flexibility index (Phi) is 2.67. The van der Waals surface area contributed by atoms with Crippen molar-refractivity contribution in [2.45, 2.75) is 33.1 Å². The zero-order valence-corrected chi connectivity index (χ0v) is 9.49. The van der Waals surface area contributed by atoms with E-state index < -0.39 is 0 Å². The molecule has 78 valence electrons. The maximum Gasteiger partial charge on any atom is 0.0494 e. The first-order valence-corrected chi connectivity index (χ1v) is 5.46. The van der Waals surface area contributed by atoms with Crippen LogP contribution >= 0.6 is 0 Å². The van der Waals surface area contributed by atoms with Crippen LogP contribution in [0.5, 0.6) is 0 Å². The van der Waals surface area contributed by atoms with Crippen LogP contribution in [0.3, 0.4) is 0 Å². The third-order valence-electron chi connectivity index (χ3n) is 2.68. The molecule has 0 saturated carbocycles. The fraction of sp³-hybridized carbons (Fsp3) is 0.385. The van der Waals surface area contributed by atoms with Gasteiger partial charge in [0.1, 0.15) is 0 Å². The number of aryl methyl sites for hydroxylation is 1. The van der Waals surface area contributed by atoms with Crippen molar-refractivity contribution >= 4 is 10.8 Å². The number of hydrogen-bond donors (Lipinski definition) is 0. The van der Waals surface area contributed by atoms with E-state index in [1.165, 1.54) is 10.8 Å². The topological polar surface area (TPSA) is 25.8 Å². The van der Waals surface area contributed by atoms with Gasteiger partial charge in [-0.2, -0.15) is 0 Å². The van der Waals surface area contributed by atoms with Gasteiger partial charge in [-0.3, -0.25) is 9.97 Å². The van der Waals surface area contributed by atoms with E-state index in [4.69, 9.17) is 0 Å². The maximum atomic E-state index is 4.47. The van der Waals surface area contributed by atoms with Crippen molar-refractivity contribution in [3.8, 4) is 0 Å². The van der Waals surface area contributed by atoms with Crippen molar-refractivity contribution < 1.29 is 0 Å². The molecule has 0 aliphatic rings. The van der Waals surface area contributed by atoms with E-state index in [0.29, 0.717) is 5.92 Å². The molecular weight excluding hydrogens is 184 g/mol. The molecule has 0 unspecified atom stereocenters. The summed E-state index contributed by atoms with van der Waals surface area (Å²) in [5, 5.41) is 2.44. The van der Waals surface area contributed by atoms with Gasteiger partial charge in [0.05, 0.1) is 0 Å². The molecule has 0 fully saturated rings. The molecule has 2 aromatic rings. The summed E-state index contributed by atoms with van der Waals surface area (Å²) in [5.41, 5.74) is 2.28. The van der Waals surface area contributed by atoms with Gasteiger partial charge in [-0.1, -0.05) is 20.8 Å². The van der Waals surface area contributed by atoms with E-state index in [1.54, 1.807) is 0 Å². The maximum absolute atomic E-state index is 4.47. The second-order valence-electron chi connectivity index (χ2n) is 4.10. The molecule has 0 atom stereocenters. The predicted octanol–water partition coefficient (Wildman–Crippen LogP) is 3.32. The average Bonchev–Trinajstić information content (AvgIpc) is 2.27. The van der Waals surface area contributed by atoms with Gasteiger partial charge >= 0.3 is 0 Å². The number of aromatic nitrogens is 2. The first-order valence-electron chi connectivity index (χ1n) is 5.46. The van der Waals surface area contributed by atoms with Crippen molar-refractivity contribution in [2.24, 2.45) is 0 Å². The lowest BCUT2D eigenvalue weighted by molar-refractivity contribution is 0.825. The van der Waals surface area contributed by atoms with Crippen LogP contribution in [0.15, 0.2) is 24.5 Å². The van der Waals surface area contributed by atoms with Gasteiger partial charge in [-0.15, -0.1) is 0 Å². The molecular formula is C13H16N2. The molecule has 0 spiro atoms. The molecule has 0 saturated heterocycles. The molecule has 2 rings (SSSR count). The van der Waals surface area contributed by atoms with E-state index in [9.17, 15) is 0 Å². The molecule has 0 aromatic carbocycles. The summed E-state index contributed by atoms with van der Waals surface area (Å²) in [6, 6.07) is 4.23. The van der Waals surface area contributed by atoms with Crippen molar-refractivity contribution in [3.05, 3.63) is 35.9 Å². The minimum absolute atomic E-state index is 0.479. The van der Waals surface area contributed by atoms with E-state index >= 15 is 0 Å². The van der Waals surface area contributed by atoms with E-state index in [2.05, 4.69) is 42.9 Å². The van der Waals surface area contributed by atoms with Crippen LogP contribution in [0.1, 0.15) is 38.1 Å². The van der Waals surface area contributed by atoms with Crippen LogP contribution in [0.2, 0.25) is 0 Å². The summed E-state index contributed by atoms with van der Waals surface area (Å²) in [4.78, 5) is 8.83. The van der Waals surface area contributed by atoms with Crippen LogP contribution in [-0.2, 0) is 6.42 Å². The number of pyridine rings is 2. The Morgan fingerprint density at radius 1 is 1.27 bits per heavy atom. The van der Waals surface area contributed by atoms with Gasteiger partial charge in [0.2, 0.25) is 0 Å². The van der Waals surface area contributed by atoms with Gasteiger partial charge in [-0.25, -0.2) is 0 Å². The van der Waals surface area contributed by atoms with Crippen molar-refractivity contribution in [1.29, 1.82) is 0 Å². The lowest BCUT2D eigenvalue weighted by Crippen LogP contribution is -1.95. The Morgan fingerprint density at radius 2 is 2.07 bits per heavy atom. The van der Waals surface area contributed by atoms with Crippen molar-refractivity contribution in [2.75, 3.05) is 0 Å². The first kappa shape index (κ1) is 10.1. The van der Waals surface area contributed by atoms with E-state index in [-0.39, 0.29) is 0 Å². The fourth-order valence-electron chi connectivity index (χ4n) is 1.74. The molecule has 0 radical (unpaired) electrons. The Hall–Kier alpha value is -1.44. The lowest BCUT2D eigenvalue weighted by atomic mass is 10.1. The second-order valence-corrected chi connectivity index (χ2v) is 4.10. The van der Waals surface area contributed by atoms with Crippen molar-refractivity contribution in [3.63, 3.8) is 0 Å². The summed E-state index contributed by atoms with van der Waals surface area (Å²) in [7, 11) is 0.